The van der Waals surface area contributed by atoms with Gasteiger partial charge in [-0.2, -0.15) is 5.26 Å². The van der Waals surface area contributed by atoms with Gasteiger partial charge in [-0.25, -0.2) is 0 Å². The van der Waals surface area contributed by atoms with E-state index in [1.807, 2.05) is 25.3 Å². The quantitative estimate of drug-likeness (QED) is 0.867. The van der Waals surface area contributed by atoms with Crippen LogP contribution in [0.4, 0.5) is 11.4 Å². The lowest BCUT2D eigenvalue weighted by molar-refractivity contribution is 0.0233. The Morgan fingerprint density at radius 1 is 1.13 bits per heavy atom. The number of nitriles is 1. The van der Waals surface area contributed by atoms with E-state index in [9.17, 15) is 5.26 Å². The minimum atomic E-state index is 0.439. The number of likely N-dealkylation sites (tertiary alicyclic amines) is 1. The number of rotatable bonds is 3. The summed E-state index contributed by atoms with van der Waals surface area (Å²) < 4.78 is 5.46. The molecule has 0 unspecified atom stereocenters. The maximum absolute atomic E-state index is 9.33. The van der Waals surface area contributed by atoms with E-state index in [1.165, 1.54) is 0 Å². The third-order valence-corrected chi connectivity index (χ3v) is 5.29. The molecule has 0 atom stereocenters. The molecule has 2 saturated heterocycles. The van der Waals surface area contributed by atoms with Gasteiger partial charge in [0.1, 0.15) is 6.07 Å². The highest BCUT2D eigenvalue weighted by Gasteiger charge is 2.29. The summed E-state index contributed by atoms with van der Waals surface area (Å²) in [6.07, 6.45) is 4.99. The smallest absolute Gasteiger partial charge is 0.101 e. The van der Waals surface area contributed by atoms with Crippen molar-refractivity contribution in [2.45, 2.75) is 37.8 Å². The molecule has 0 aromatic heterocycles. The Morgan fingerprint density at radius 2 is 1.83 bits per heavy atom. The van der Waals surface area contributed by atoms with E-state index in [2.05, 4.69) is 15.9 Å². The van der Waals surface area contributed by atoms with Gasteiger partial charge >= 0.3 is 0 Å². The summed E-state index contributed by atoms with van der Waals surface area (Å²) in [6.45, 7) is 4.22. The molecule has 2 fully saturated rings. The van der Waals surface area contributed by atoms with Crippen molar-refractivity contribution >= 4 is 11.4 Å². The van der Waals surface area contributed by atoms with Gasteiger partial charge in [0.15, 0.2) is 0 Å². The number of nitrogens with two attached hydrogens (primary N) is 1. The van der Waals surface area contributed by atoms with E-state index in [1.54, 1.807) is 0 Å². The van der Waals surface area contributed by atoms with E-state index in [0.29, 0.717) is 23.4 Å². The summed E-state index contributed by atoms with van der Waals surface area (Å²) in [5, 5.41) is 9.33. The van der Waals surface area contributed by atoms with Crippen LogP contribution in [0.5, 0.6) is 0 Å². The van der Waals surface area contributed by atoms with Crippen LogP contribution in [0.3, 0.4) is 0 Å². The van der Waals surface area contributed by atoms with Gasteiger partial charge in [-0.3, -0.25) is 0 Å². The summed E-state index contributed by atoms with van der Waals surface area (Å²) in [7, 11) is 1.82. The van der Waals surface area contributed by atoms with Crippen molar-refractivity contribution in [2.75, 3.05) is 43.9 Å². The maximum Gasteiger partial charge on any atom is 0.101 e. The van der Waals surface area contributed by atoms with Crippen LogP contribution < -0.4 is 10.6 Å². The number of nitrogens with zero attached hydrogens (tertiary/aromatic N) is 3. The van der Waals surface area contributed by atoms with Crippen molar-refractivity contribution in [3.8, 4) is 6.07 Å². The van der Waals surface area contributed by atoms with Gasteiger partial charge < -0.3 is 20.3 Å². The standard InChI is InChI=1S/C18H26N4O/c1-23-16-7-11-21(12-8-16)15-5-9-22(10-6-15)18-14(13-19)3-2-4-17(18)20/h2-4,15-16H,5-12,20H2,1H3. The average molecular weight is 314 g/mol. The zero-order valence-electron chi connectivity index (χ0n) is 13.9. The largest absolute Gasteiger partial charge is 0.397 e. The van der Waals surface area contributed by atoms with Gasteiger partial charge in [0.25, 0.3) is 0 Å². The van der Waals surface area contributed by atoms with Crippen LogP contribution in [-0.2, 0) is 4.74 Å². The minimum absolute atomic E-state index is 0.439. The number of benzene rings is 1. The van der Waals surface area contributed by atoms with Crippen LogP contribution in [0.1, 0.15) is 31.2 Å². The molecule has 5 heteroatoms. The van der Waals surface area contributed by atoms with Crippen molar-refractivity contribution in [1.29, 1.82) is 5.26 Å². The highest BCUT2D eigenvalue weighted by atomic mass is 16.5. The van der Waals surface area contributed by atoms with Gasteiger partial charge in [0.05, 0.1) is 23.0 Å². The Morgan fingerprint density at radius 3 is 2.43 bits per heavy atom. The zero-order chi connectivity index (χ0) is 16.2. The molecule has 2 aliphatic rings. The molecule has 2 N–H and O–H groups in total. The first kappa shape index (κ1) is 16.1. The number of hydrogen-bond donors (Lipinski definition) is 1. The second kappa shape index (κ2) is 7.20. The number of anilines is 2. The van der Waals surface area contributed by atoms with Gasteiger partial charge in [-0.15, -0.1) is 0 Å². The highest BCUT2D eigenvalue weighted by Crippen LogP contribution is 2.31. The average Bonchev–Trinajstić information content (AvgIpc) is 2.62. The second-order valence-electron chi connectivity index (χ2n) is 6.54. The first-order chi connectivity index (χ1) is 11.2. The molecule has 1 aromatic rings. The number of nitrogen functional groups attached to an aromatic ring is 1. The van der Waals surface area contributed by atoms with E-state index in [4.69, 9.17) is 10.5 Å². The summed E-state index contributed by atoms with van der Waals surface area (Å²) in [5.74, 6) is 0. The monoisotopic (exact) mass is 314 g/mol. The first-order valence-electron chi connectivity index (χ1n) is 8.53. The van der Waals surface area contributed by atoms with E-state index in [0.717, 1.165) is 57.5 Å². The van der Waals surface area contributed by atoms with Gasteiger partial charge in [-0.05, 0) is 37.8 Å². The molecule has 2 heterocycles. The number of para-hydroxylation sites is 1. The SMILES string of the molecule is COC1CCN(C2CCN(c3c(N)cccc3C#N)CC2)CC1. The molecule has 0 bridgehead atoms. The lowest BCUT2D eigenvalue weighted by atomic mass is 9.98. The topological polar surface area (TPSA) is 65.5 Å². The molecule has 23 heavy (non-hydrogen) atoms. The van der Waals surface area contributed by atoms with Crippen molar-refractivity contribution in [1.82, 2.24) is 4.90 Å². The zero-order valence-corrected chi connectivity index (χ0v) is 13.9. The molecule has 5 nitrogen and oxygen atoms in total. The van der Waals surface area contributed by atoms with E-state index >= 15 is 0 Å². The first-order valence-corrected chi connectivity index (χ1v) is 8.53. The molecule has 0 aliphatic carbocycles. The van der Waals surface area contributed by atoms with Crippen LogP contribution in [0.25, 0.3) is 0 Å². The van der Waals surface area contributed by atoms with E-state index in [-0.39, 0.29) is 0 Å². The second-order valence-corrected chi connectivity index (χ2v) is 6.54. The molecule has 1 aromatic carbocycles. The predicted molar refractivity (Wildman–Crippen MR) is 92.4 cm³/mol. The minimum Gasteiger partial charge on any atom is -0.397 e. The van der Waals surface area contributed by atoms with Crippen molar-refractivity contribution in [2.24, 2.45) is 0 Å². The number of ether oxygens (including phenoxy) is 1. The lowest BCUT2D eigenvalue weighted by Gasteiger charge is -2.42. The molecule has 0 radical (unpaired) electrons. The summed E-state index contributed by atoms with van der Waals surface area (Å²) in [6, 6.07) is 8.52. The predicted octanol–water partition coefficient (Wildman–Crippen LogP) is 2.22. The molecule has 0 amide bonds. The molecular formula is C18H26N4O. The molecular weight excluding hydrogens is 288 g/mol. The summed E-state index contributed by atoms with van der Waals surface area (Å²) in [4.78, 5) is 4.90. The van der Waals surface area contributed by atoms with Crippen molar-refractivity contribution < 1.29 is 4.74 Å². The molecule has 124 valence electrons. The summed E-state index contributed by atoms with van der Waals surface area (Å²) >= 11 is 0. The van der Waals surface area contributed by atoms with E-state index < -0.39 is 0 Å². The Balaban J connectivity index is 1.60. The van der Waals surface area contributed by atoms with Gasteiger partial charge in [0.2, 0.25) is 0 Å². The molecule has 0 spiro atoms. The molecule has 0 saturated carbocycles. The normalized spacial score (nSPS) is 21.3. The number of hydrogen-bond acceptors (Lipinski definition) is 5. The van der Waals surface area contributed by atoms with Crippen molar-refractivity contribution in [3.63, 3.8) is 0 Å². The van der Waals surface area contributed by atoms with Crippen LogP contribution in [0, 0.1) is 11.3 Å². The van der Waals surface area contributed by atoms with Gasteiger partial charge in [0, 0.05) is 39.3 Å². The Hall–Kier alpha value is -1.77. The van der Waals surface area contributed by atoms with Gasteiger partial charge in [-0.1, -0.05) is 6.07 Å². The molecule has 2 aliphatic heterocycles. The highest BCUT2D eigenvalue weighted by molar-refractivity contribution is 5.74. The third kappa shape index (κ3) is 3.44. The lowest BCUT2D eigenvalue weighted by Crippen LogP contribution is -2.48. The van der Waals surface area contributed by atoms with Crippen LogP contribution in [-0.4, -0.2) is 50.3 Å². The maximum atomic E-state index is 9.33. The Bertz CT molecular complexity index is 567. The molecule has 3 rings (SSSR count). The fourth-order valence-corrected chi connectivity index (χ4v) is 3.94. The Kier molecular flexibility index (Phi) is 5.04. The third-order valence-electron chi connectivity index (χ3n) is 5.29. The fraction of sp³-hybridized carbons (Fsp3) is 0.611. The van der Waals surface area contributed by atoms with Crippen LogP contribution in [0.15, 0.2) is 18.2 Å². The van der Waals surface area contributed by atoms with Crippen LogP contribution in [0.2, 0.25) is 0 Å². The fourth-order valence-electron chi connectivity index (χ4n) is 3.94. The Labute approximate surface area is 138 Å². The number of methoxy groups -OCH3 is 1. The van der Waals surface area contributed by atoms with Crippen molar-refractivity contribution in [3.05, 3.63) is 23.8 Å². The number of piperidine rings is 2. The summed E-state index contributed by atoms with van der Waals surface area (Å²) in [5.41, 5.74) is 8.44. The van der Waals surface area contributed by atoms with Crippen LogP contribution >= 0.6 is 0 Å².